The molecule has 0 aliphatic carbocycles. The Labute approximate surface area is 121 Å². The molecule has 0 saturated carbocycles. The number of anilines is 1. The average molecular weight is 278 g/mol. The first kappa shape index (κ1) is 12.9. The van der Waals surface area contributed by atoms with Crippen LogP contribution in [0.5, 0.6) is 0 Å². The van der Waals surface area contributed by atoms with Crippen molar-refractivity contribution in [1.82, 2.24) is 14.5 Å². The number of H-pyrrole nitrogens is 1. The van der Waals surface area contributed by atoms with Gasteiger partial charge >= 0.3 is 0 Å². The van der Waals surface area contributed by atoms with Crippen LogP contribution >= 0.6 is 0 Å². The van der Waals surface area contributed by atoms with Crippen molar-refractivity contribution in [2.45, 2.75) is 6.92 Å². The van der Waals surface area contributed by atoms with Gasteiger partial charge in [-0.1, -0.05) is 12.1 Å². The first-order valence-corrected chi connectivity index (χ1v) is 6.49. The molecular formula is C15H14N6. The van der Waals surface area contributed by atoms with Gasteiger partial charge in [0.05, 0.1) is 17.2 Å². The maximum absolute atomic E-state index is 8.99. The largest absolute Gasteiger partial charge is 0.339 e. The van der Waals surface area contributed by atoms with Crippen molar-refractivity contribution in [3.8, 4) is 6.07 Å². The van der Waals surface area contributed by atoms with E-state index >= 15 is 0 Å². The quantitative estimate of drug-likeness (QED) is 0.570. The van der Waals surface area contributed by atoms with Crippen LogP contribution in [0, 0.1) is 18.3 Å². The van der Waals surface area contributed by atoms with Crippen molar-refractivity contribution < 1.29 is 0 Å². The summed E-state index contributed by atoms with van der Waals surface area (Å²) in [5.41, 5.74) is 7.21. The zero-order valence-corrected chi connectivity index (χ0v) is 11.8. The monoisotopic (exact) mass is 278 g/mol. The smallest absolute Gasteiger partial charge is 0.222 e. The highest BCUT2D eigenvalue weighted by molar-refractivity contribution is 5.83. The van der Waals surface area contributed by atoms with E-state index in [1.54, 1.807) is 12.3 Å². The van der Waals surface area contributed by atoms with E-state index in [4.69, 9.17) is 5.26 Å². The maximum Gasteiger partial charge on any atom is 0.222 e. The Balaban J connectivity index is 1.79. The van der Waals surface area contributed by atoms with Crippen molar-refractivity contribution in [3.05, 3.63) is 47.3 Å². The van der Waals surface area contributed by atoms with Crippen molar-refractivity contribution in [2.75, 3.05) is 5.43 Å². The predicted molar refractivity (Wildman–Crippen MR) is 82.2 cm³/mol. The number of aromatic nitrogens is 3. The van der Waals surface area contributed by atoms with Crippen LogP contribution in [0.1, 0.15) is 17.0 Å². The molecule has 2 aromatic heterocycles. The number of nitriles is 1. The van der Waals surface area contributed by atoms with Gasteiger partial charge in [0, 0.05) is 18.3 Å². The Morgan fingerprint density at radius 3 is 2.95 bits per heavy atom. The summed E-state index contributed by atoms with van der Waals surface area (Å²) in [6, 6.07) is 11.7. The summed E-state index contributed by atoms with van der Waals surface area (Å²) in [6.07, 6.45) is 1.68. The topological polar surface area (TPSA) is 81.8 Å². The van der Waals surface area contributed by atoms with Crippen LogP contribution in [-0.2, 0) is 7.05 Å². The number of hydrazone groups is 1. The minimum absolute atomic E-state index is 0.585. The lowest BCUT2D eigenvalue weighted by atomic mass is 10.3. The molecule has 21 heavy (non-hydrogen) atoms. The van der Waals surface area contributed by atoms with Crippen LogP contribution in [-0.4, -0.2) is 20.7 Å². The van der Waals surface area contributed by atoms with Crippen LogP contribution in [0.4, 0.5) is 5.95 Å². The Morgan fingerprint density at radius 1 is 1.43 bits per heavy atom. The van der Waals surface area contributed by atoms with E-state index in [2.05, 4.69) is 26.6 Å². The summed E-state index contributed by atoms with van der Waals surface area (Å²) in [4.78, 5) is 7.50. The lowest BCUT2D eigenvalue weighted by molar-refractivity contribution is 0.865. The molecule has 3 aromatic rings. The number of aromatic amines is 1. The Morgan fingerprint density at radius 2 is 2.24 bits per heavy atom. The molecule has 0 spiro atoms. The number of imidazole rings is 1. The molecule has 0 aliphatic heterocycles. The second-order valence-electron chi connectivity index (χ2n) is 4.71. The molecule has 0 radical (unpaired) electrons. The Kier molecular flexibility index (Phi) is 3.16. The maximum atomic E-state index is 8.99. The summed E-state index contributed by atoms with van der Waals surface area (Å²) >= 11 is 0. The molecule has 0 bridgehead atoms. The molecule has 0 fully saturated rings. The molecule has 0 atom stereocenters. The molecule has 0 unspecified atom stereocenters. The van der Waals surface area contributed by atoms with Crippen molar-refractivity contribution in [1.29, 1.82) is 5.26 Å². The molecule has 2 N–H and O–H groups in total. The molecular weight excluding hydrogens is 264 g/mol. The number of para-hydroxylation sites is 2. The molecule has 0 aliphatic rings. The third kappa shape index (κ3) is 2.37. The van der Waals surface area contributed by atoms with E-state index in [9.17, 15) is 0 Å². The zero-order chi connectivity index (χ0) is 14.8. The predicted octanol–water partition coefficient (Wildman–Crippen LogP) is 2.53. The van der Waals surface area contributed by atoms with E-state index in [1.165, 1.54) is 0 Å². The number of rotatable bonds is 3. The fourth-order valence-corrected chi connectivity index (χ4v) is 2.13. The van der Waals surface area contributed by atoms with E-state index in [-0.39, 0.29) is 0 Å². The molecule has 2 heterocycles. The second-order valence-corrected chi connectivity index (χ2v) is 4.71. The first-order chi connectivity index (χ1) is 10.2. The molecule has 1 aromatic carbocycles. The fourth-order valence-electron chi connectivity index (χ4n) is 2.13. The third-order valence-electron chi connectivity index (χ3n) is 3.45. The number of benzene rings is 1. The van der Waals surface area contributed by atoms with E-state index in [0.29, 0.717) is 11.6 Å². The van der Waals surface area contributed by atoms with Gasteiger partial charge in [-0.05, 0) is 25.1 Å². The van der Waals surface area contributed by atoms with Gasteiger partial charge in [-0.25, -0.2) is 10.4 Å². The van der Waals surface area contributed by atoms with E-state index in [1.807, 2.05) is 42.8 Å². The van der Waals surface area contributed by atoms with Gasteiger partial charge in [0.15, 0.2) is 0 Å². The number of nitrogens with one attached hydrogen (secondary N) is 2. The van der Waals surface area contributed by atoms with Crippen LogP contribution in [0.3, 0.4) is 0 Å². The molecule has 6 heteroatoms. The SMILES string of the molecule is Cc1c(/C=N\Nc2nc3ccccc3[nH]2)cc(C#N)n1C. The Hall–Kier alpha value is -3.07. The summed E-state index contributed by atoms with van der Waals surface area (Å²) < 4.78 is 1.84. The van der Waals surface area contributed by atoms with Crippen LogP contribution in [0.15, 0.2) is 35.4 Å². The normalized spacial score (nSPS) is 11.1. The summed E-state index contributed by atoms with van der Waals surface area (Å²) in [7, 11) is 1.86. The van der Waals surface area contributed by atoms with Gasteiger partial charge < -0.3 is 9.55 Å². The van der Waals surface area contributed by atoms with Crippen LogP contribution in [0.2, 0.25) is 0 Å². The zero-order valence-electron chi connectivity index (χ0n) is 11.8. The summed E-state index contributed by atoms with van der Waals surface area (Å²) in [5, 5.41) is 13.2. The summed E-state index contributed by atoms with van der Waals surface area (Å²) in [6.45, 7) is 1.95. The number of fused-ring (bicyclic) bond motifs is 1. The van der Waals surface area contributed by atoms with E-state index in [0.717, 1.165) is 22.3 Å². The van der Waals surface area contributed by atoms with Crippen molar-refractivity contribution >= 4 is 23.2 Å². The molecule has 0 saturated heterocycles. The summed E-state index contributed by atoms with van der Waals surface area (Å²) in [5.74, 6) is 0.585. The van der Waals surface area contributed by atoms with Gasteiger partial charge in [0.2, 0.25) is 5.95 Å². The molecule has 0 amide bonds. The van der Waals surface area contributed by atoms with Crippen molar-refractivity contribution in [3.63, 3.8) is 0 Å². The highest BCUT2D eigenvalue weighted by Gasteiger charge is 2.06. The lowest BCUT2D eigenvalue weighted by Crippen LogP contribution is -1.96. The van der Waals surface area contributed by atoms with Crippen LogP contribution in [0.25, 0.3) is 11.0 Å². The molecule has 3 rings (SSSR count). The van der Waals surface area contributed by atoms with Crippen LogP contribution < -0.4 is 5.43 Å². The highest BCUT2D eigenvalue weighted by atomic mass is 15.3. The fraction of sp³-hybridized carbons (Fsp3) is 0.133. The van der Waals surface area contributed by atoms with Gasteiger partial charge in [-0.2, -0.15) is 10.4 Å². The lowest BCUT2D eigenvalue weighted by Gasteiger charge is -1.97. The average Bonchev–Trinajstić information content (AvgIpc) is 3.02. The molecule has 104 valence electrons. The van der Waals surface area contributed by atoms with Gasteiger partial charge in [-0.3, -0.25) is 0 Å². The number of hydrogen-bond acceptors (Lipinski definition) is 4. The first-order valence-electron chi connectivity index (χ1n) is 6.49. The minimum atomic E-state index is 0.585. The van der Waals surface area contributed by atoms with Gasteiger partial charge in [-0.15, -0.1) is 0 Å². The number of nitrogens with zero attached hydrogens (tertiary/aromatic N) is 4. The standard InChI is InChI=1S/C15H14N6/c1-10-11(7-12(8-16)21(10)2)9-17-20-15-18-13-5-3-4-6-14(13)19-15/h3-7,9H,1-2H3,(H2,18,19,20)/b17-9-. The van der Waals surface area contributed by atoms with E-state index < -0.39 is 0 Å². The third-order valence-corrected chi connectivity index (χ3v) is 3.45. The molecule has 6 nitrogen and oxygen atoms in total. The van der Waals surface area contributed by atoms with Gasteiger partial charge in [0.1, 0.15) is 11.8 Å². The van der Waals surface area contributed by atoms with Crippen molar-refractivity contribution in [2.24, 2.45) is 12.1 Å². The Bertz CT molecular complexity index is 829. The van der Waals surface area contributed by atoms with Gasteiger partial charge in [0.25, 0.3) is 0 Å². The number of hydrogen-bond donors (Lipinski definition) is 2. The highest BCUT2D eigenvalue weighted by Crippen LogP contribution is 2.14. The second kappa shape index (κ2) is 5.13. The minimum Gasteiger partial charge on any atom is -0.339 e.